The van der Waals surface area contributed by atoms with E-state index in [1.807, 2.05) is 0 Å². The van der Waals surface area contributed by atoms with E-state index >= 15 is 0 Å². The van der Waals surface area contributed by atoms with E-state index < -0.39 is 10.0 Å². The maximum Gasteiger partial charge on any atom is 0.263 e. The lowest BCUT2D eigenvalue weighted by Crippen LogP contribution is -2.41. The van der Waals surface area contributed by atoms with Gasteiger partial charge in [-0.25, -0.2) is 17.9 Å². The van der Waals surface area contributed by atoms with Gasteiger partial charge in [0.2, 0.25) is 0 Å². The third-order valence-corrected chi connectivity index (χ3v) is 6.70. The number of fused-ring (bicyclic) bond motifs is 1. The zero-order chi connectivity index (χ0) is 20.4. The van der Waals surface area contributed by atoms with Crippen LogP contribution in [0.5, 0.6) is 0 Å². The Morgan fingerprint density at radius 2 is 1.90 bits per heavy atom. The van der Waals surface area contributed by atoms with Gasteiger partial charge in [0, 0.05) is 12.2 Å². The highest BCUT2D eigenvalue weighted by atomic mass is 32.2. The predicted octanol–water partition coefficient (Wildman–Crippen LogP) is 2.84. The van der Waals surface area contributed by atoms with Crippen LogP contribution in [0.4, 0.5) is 5.82 Å². The van der Waals surface area contributed by atoms with Gasteiger partial charge in [0.25, 0.3) is 15.9 Å². The summed E-state index contributed by atoms with van der Waals surface area (Å²) in [6, 6.07) is 9.69. The number of sulfonamides is 1. The zero-order valence-corrected chi connectivity index (χ0v) is 16.9. The number of hydrogen-bond donors (Lipinski definition) is 2. The molecule has 2 heterocycles. The molecule has 0 spiro atoms. The summed E-state index contributed by atoms with van der Waals surface area (Å²) >= 11 is 0. The van der Waals surface area contributed by atoms with Gasteiger partial charge in [0.05, 0.1) is 11.1 Å². The van der Waals surface area contributed by atoms with E-state index in [1.54, 1.807) is 24.4 Å². The summed E-state index contributed by atoms with van der Waals surface area (Å²) in [6.45, 7) is 2.15. The van der Waals surface area contributed by atoms with Crippen molar-refractivity contribution < 1.29 is 13.2 Å². The first-order chi connectivity index (χ1) is 13.9. The average Bonchev–Trinajstić information content (AvgIpc) is 3.13. The van der Waals surface area contributed by atoms with Crippen LogP contribution >= 0.6 is 0 Å². The number of carbonyl (C=O) groups excluding carboxylic acids is 1. The molecule has 2 atom stereocenters. The number of carbonyl (C=O) groups is 1. The molecular formula is C20H23N5O3S. The van der Waals surface area contributed by atoms with Gasteiger partial charge in [-0.15, -0.1) is 0 Å². The largest absolute Gasteiger partial charge is 0.349 e. The van der Waals surface area contributed by atoms with E-state index in [9.17, 15) is 13.2 Å². The lowest BCUT2D eigenvalue weighted by Gasteiger charge is -2.29. The standard InChI is InChI=1S/C20H23N5O3S/c1-14-7-5-6-10-17(14)22-20(26)16-13-21-25-12-11-18(23-19(16)25)24-29(27,28)15-8-3-2-4-9-15/h2-4,8-9,11-14,17H,5-7,10H2,1H3,(H,22,26)(H,23,24). The van der Waals surface area contributed by atoms with E-state index in [4.69, 9.17) is 0 Å². The van der Waals surface area contributed by atoms with Crippen LogP contribution in [0.1, 0.15) is 43.0 Å². The first-order valence-electron chi connectivity index (χ1n) is 9.67. The Kier molecular flexibility index (Phi) is 5.23. The van der Waals surface area contributed by atoms with Crippen molar-refractivity contribution in [3.8, 4) is 0 Å². The van der Waals surface area contributed by atoms with Crippen molar-refractivity contribution in [3.63, 3.8) is 0 Å². The molecule has 1 aromatic carbocycles. The van der Waals surface area contributed by atoms with Gasteiger partial charge in [-0.3, -0.25) is 9.52 Å². The fraction of sp³-hybridized carbons (Fsp3) is 0.350. The molecule has 2 aromatic heterocycles. The summed E-state index contributed by atoms with van der Waals surface area (Å²) in [4.78, 5) is 17.3. The Labute approximate surface area is 169 Å². The fourth-order valence-electron chi connectivity index (χ4n) is 3.66. The molecule has 0 bridgehead atoms. The molecule has 1 saturated carbocycles. The molecule has 0 saturated heterocycles. The smallest absolute Gasteiger partial charge is 0.263 e. The number of nitrogens with zero attached hydrogens (tertiary/aromatic N) is 3. The Hall–Kier alpha value is -2.94. The summed E-state index contributed by atoms with van der Waals surface area (Å²) in [5.41, 5.74) is 0.628. The predicted molar refractivity (Wildman–Crippen MR) is 109 cm³/mol. The first kappa shape index (κ1) is 19.4. The molecule has 0 aliphatic heterocycles. The second-order valence-electron chi connectivity index (χ2n) is 7.40. The molecule has 9 heteroatoms. The molecule has 1 aliphatic rings. The molecule has 1 fully saturated rings. The number of amides is 1. The molecule has 1 amide bonds. The number of anilines is 1. The zero-order valence-electron chi connectivity index (χ0n) is 16.1. The van der Waals surface area contributed by atoms with Crippen LogP contribution in [0.15, 0.2) is 53.7 Å². The van der Waals surface area contributed by atoms with Crippen molar-refractivity contribution in [2.24, 2.45) is 5.92 Å². The van der Waals surface area contributed by atoms with E-state index in [0.29, 0.717) is 17.1 Å². The molecule has 0 radical (unpaired) electrons. The lowest BCUT2D eigenvalue weighted by atomic mass is 9.86. The van der Waals surface area contributed by atoms with Crippen molar-refractivity contribution >= 4 is 27.4 Å². The van der Waals surface area contributed by atoms with Crippen LogP contribution in [0.25, 0.3) is 5.65 Å². The summed E-state index contributed by atoms with van der Waals surface area (Å²) in [7, 11) is -3.77. The maximum atomic E-state index is 12.8. The van der Waals surface area contributed by atoms with Crippen molar-refractivity contribution in [1.29, 1.82) is 0 Å². The lowest BCUT2D eigenvalue weighted by molar-refractivity contribution is 0.0911. The fourth-order valence-corrected chi connectivity index (χ4v) is 4.68. The van der Waals surface area contributed by atoms with Crippen molar-refractivity contribution in [3.05, 3.63) is 54.4 Å². The van der Waals surface area contributed by atoms with E-state index in [-0.39, 0.29) is 22.7 Å². The molecule has 4 rings (SSSR count). The summed E-state index contributed by atoms with van der Waals surface area (Å²) in [5, 5.41) is 7.25. The highest BCUT2D eigenvalue weighted by Crippen LogP contribution is 2.24. The quantitative estimate of drug-likeness (QED) is 0.669. The minimum Gasteiger partial charge on any atom is -0.349 e. The highest BCUT2D eigenvalue weighted by molar-refractivity contribution is 7.92. The van der Waals surface area contributed by atoms with Gasteiger partial charge in [0.15, 0.2) is 5.65 Å². The number of benzene rings is 1. The molecule has 2 unspecified atom stereocenters. The van der Waals surface area contributed by atoms with E-state index in [1.165, 1.54) is 35.3 Å². The van der Waals surface area contributed by atoms with Crippen LogP contribution in [0.3, 0.4) is 0 Å². The van der Waals surface area contributed by atoms with Gasteiger partial charge in [-0.2, -0.15) is 5.10 Å². The highest BCUT2D eigenvalue weighted by Gasteiger charge is 2.25. The molecule has 3 aromatic rings. The molecular weight excluding hydrogens is 390 g/mol. The van der Waals surface area contributed by atoms with Gasteiger partial charge in [0.1, 0.15) is 11.4 Å². The van der Waals surface area contributed by atoms with Gasteiger partial charge in [-0.05, 0) is 37.0 Å². The number of rotatable bonds is 5. The molecule has 1 aliphatic carbocycles. The Balaban J connectivity index is 1.58. The minimum atomic E-state index is -3.77. The summed E-state index contributed by atoms with van der Waals surface area (Å²) in [6.07, 6.45) is 7.39. The third kappa shape index (κ3) is 4.09. The number of hydrogen-bond acceptors (Lipinski definition) is 5. The third-order valence-electron chi connectivity index (χ3n) is 5.33. The molecule has 152 valence electrons. The van der Waals surface area contributed by atoms with E-state index in [2.05, 4.69) is 27.0 Å². The van der Waals surface area contributed by atoms with Gasteiger partial charge >= 0.3 is 0 Å². The van der Waals surface area contributed by atoms with Crippen LogP contribution in [0.2, 0.25) is 0 Å². The van der Waals surface area contributed by atoms with Crippen molar-refractivity contribution in [2.75, 3.05) is 4.72 Å². The van der Waals surface area contributed by atoms with Gasteiger partial charge < -0.3 is 5.32 Å². The average molecular weight is 414 g/mol. The second kappa shape index (κ2) is 7.82. The first-order valence-corrected chi connectivity index (χ1v) is 11.2. The monoisotopic (exact) mass is 413 g/mol. The topological polar surface area (TPSA) is 105 Å². The molecule has 8 nitrogen and oxygen atoms in total. The van der Waals surface area contributed by atoms with Crippen LogP contribution in [0, 0.1) is 5.92 Å². The maximum absolute atomic E-state index is 12.8. The van der Waals surface area contributed by atoms with Crippen molar-refractivity contribution in [2.45, 2.75) is 43.5 Å². The van der Waals surface area contributed by atoms with Crippen LogP contribution in [-0.4, -0.2) is 35.0 Å². The summed E-state index contributed by atoms with van der Waals surface area (Å²) in [5.74, 6) is 0.312. The Bertz CT molecular complexity index is 1130. The molecule has 2 N–H and O–H groups in total. The number of nitrogens with one attached hydrogen (secondary N) is 2. The Morgan fingerprint density at radius 1 is 1.14 bits per heavy atom. The Morgan fingerprint density at radius 3 is 2.66 bits per heavy atom. The second-order valence-corrected chi connectivity index (χ2v) is 9.08. The van der Waals surface area contributed by atoms with Crippen LogP contribution in [-0.2, 0) is 10.0 Å². The van der Waals surface area contributed by atoms with Crippen LogP contribution < -0.4 is 10.0 Å². The van der Waals surface area contributed by atoms with Crippen molar-refractivity contribution in [1.82, 2.24) is 19.9 Å². The number of aromatic nitrogens is 3. The van der Waals surface area contributed by atoms with E-state index in [0.717, 1.165) is 19.3 Å². The van der Waals surface area contributed by atoms with Gasteiger partial charge in [-0.1, -0.05) is 38.0 Å². The summed E-state index contributed by atoms with van der Waals surface area (Å²) < 4.78 is 29.0. The minimum absolute atomic E-state index is 0.127. The molecule has 29 heavy (non-hydrogen) atoms. The normalized spacial score (nSPS) is 19.8. The SMILES string of the molecule is CC1CCCCC1NC(=O)c1cnn2ccc(NS(=O)(=O)c3ccccc3)nc12.